The van der Waals surface area contributed by atoms with Gasteiger partial charge in [0.1, 0.15) is 0 Å². The number of nitrogens with two attached hydrogens (primary N) is 2. The molecule has 0 bridgehead atoms. The quantitative estimate of drug-likeness (QED) is 0.464. The summed E-state index contributed by atoms with van der Waals surface area (Å²) in [6.07, 6.45) is 0. The van der Waals surface area contributed by atoms with Crippen molar-refractivity contribution in [2.24, 2.45) is 10.9 Å². The van der Waals surface area contributed by atoms with E-state index >= 15 is 0 Å². The molecule has 0 aliphatic rings. The average Bonchev–Trinajstić information content (AvgIpc) is 1.62. The number of hydrogen-bond donors (Lipinski definition) is 2. The fourth-order valence-electron chi connectivity index (χ4n) is 0.164. The molecular weight excluding hydrogens is 148 g/mol. The summed E-state index contributed by atoms with van der Waals surface area (Å²) in [5.74, 6) is -1.07. The monoisotopic (exact) mass is 154 g/mol. The van der Waals surface area contributed by atoms with Crippen molar-refractivity contribution in [3.63, 3.8) is 0 Å². The van der Waals surface area contributed by atoms with E-state index in [1.165, 1.54) is 0 Å². The second-order valence-electron chi connectivity index (χ2n) is 1.15. The molecule has 0 radical (unpaired) electrons. The SMILES string of the molecule is NCC(=O)OS(N)(=O)=O. The van der Waals surface area contributed by atoms with Crippen LogP contribution in [0.25, 0.3) is 0 Å². The molecule has 0 rings (SSSR count). The van der Waals surface area contributed by atoms with Gasteiger partial charge in [0.05, 0.1) is 6.54 Å². The second-order valence-corrected chi connectivity index (χ2v) is 2.30. The van der Waals surface area contributed by atoms with E-state index in [2.05, 4.69) is 15.1 Å². The lowest BCUT2D eigenvalue weighted by molar-refractivity contribution is -0.132. The molecule has 0 saturated carbocycles. The third kappa shape index (κ3) is 5.21. The Morgan fingerprint density at radius 2 is 2.00 bits per heavy atom. The number of hydrogen-bond acceptors (Lipinski definition) is 5. The zero-order chi connectivity index (χ0) is 7.49. The van der Waals surface area contributed by atoms with Crippen molar-refractivity contribution in [1.82, 2.24) is 0 Å². The van der Waals surface area contributed by atoms with E-state index in [1.54, 1.807) is 0 Å². The van der Waals surface area contributed by atoms with Gasteiger partial charge in [-0.3, -0.25) is 0 Å². The number of carbonyl (C=O) groups excluding carboxylic acids is 1. The normalized spacial score (nSPS) is 10.9. The van der Waals surface area contributed by atoms with Crippen LogP contribution < -0.4 is 10.9 Å². The standard InChI is InChI=1S/C2H6N2O4S/c3-1-2(5)8-9(4,6)7/h1,3H2,(H2,4,6,7). The van der Waals surface area contributed by atoms with Crippen LogP contribution in [0.1, 0.15) is 0 Å². The fraction of sp³-hybridized carbons (Fsp3) is 0.500. The Morgan fingerprint density at radius 3 is 2.11 bits per heavy atom. The summed E-state index contributed by atoms with van der Waals surface area (Å²) in [6, 6.07) is 0. The lowest BCUT2D eigenvalue weighted by Crippen LogP contribution is -2.25. The topological polar surface area (TPSA) is 112 Å². The molecule has 0 amide bonds. The molecule has 0 aromatic rings. The molecule has 0 aromatic carbocycles. The minimum absolute atomic E-state index is 0.504. The molecule has 0 aromatic heterocycles. The van der Waals surface area contributed by atoms with E-state index in [0.29, 0.717) is 0 Å². The van der Waals surface area contributed by atoms with Gasteiger partial charge in [0.25, 0.3) is 0 Å². The Bertz CT molecular complexity index is 195. The molecule has 9 heavy (non-hydrogen) atoms. The van der Waals surface area contributed by atoms with Gasteiger partial charge < -0.3 is 9.92 Å². The fourth-order valence-corrected chi connectivity index (χ4v) is 0.491. The lowest BCUT2D eigenvalue weighted by Gasteiger charge is -1.95. The van der Waals surface area contributed by atoms with Crippen LogP contribution in [0.15, 0.2) is 0 Å². The molecule has 0 aliphatic heterocycles. The van der Waals surface area contributed by atoms with Gasteiger partial charge in [-0.05, 0) is 0 Å². The maximum Gasteiger partial charge on any atom is 0.382 e. The van der Waals surface area contributed by atoms with Crippen LogP contribution >= 0.6 is 0 Å². The van der Waals surface area contributed by atoms with Crippen molar-refractivity contribution in [1.29, 1.82) is 0 Å². The molecule has 0 aliphatic carbocycles. The first kappa shape index (κ1) is 8.34. The minimum atomic E-state index is -4.16. The summed E-state index contributed by atoms with van der Waals surface area (Å²) in [7, 11) is -4.16. The van der Waals surface area contributed by atoms with Gasteiger partial charge in [-0.25, -0.2) is 4.79 Å². The van der Waals surface area contributed by atoms with E-state index in [-0.39, 0.29) is 0 Å². The first-order valence-electron chi connectivity index (χ1n) is 1.91. The molecule has 0 fully saturated rings. The molecule has 54 valence electrons. The third-order valence-electron chi connectivity index (χ3n) is 0.376. The van der Waals surface area contributed by atoms with Gasteiger partial charge in [-0.1, -0.05) is 0 Å². The van der Waals surface area contributed by atoms with Gasteiger partial charge in [0.15, 0.2) is 0 Å². The number of rotatable bonds is 2. The van der Waals surface area contributed by atoms with Crippen molar-refractivity contribution < 1.29 is 17.4 Å². The van der Waals surface area contributed by atoms with E-state index < -0.39 is 22.8 Å². The summed E-state index contributed by atoms with van der Waals surface area (Å²) in [5, 5.41) is 4.29. The Kier molecular flexibility index (Phi) is 2.56. The van der Waals surface area contributed by atoms with Crippen molar-refractivity contribution in [2.45, 2.75) is 0 Å². The minimum Gasteiger partial charge on any atom is -0.333 e. The summed E-state index contributed by atoms with van der Waals surface area (Å²) < 4.78 is 23.3. The Hall–Kier alpha value is -0.660. The number of carbonyl (C=O) groups is 1. The van der Waals surface area contributed by atoms with Crippen LogP contribution in [0.2, 0.25) is 0 Å². The molecule has 4 N–H and O–H groups in total. The van der Waals surface area contributed by atoms with Crippen LogP contribution in [0.5, 0.6) is 0 Å². The summed E-state index contributed by atoms with van der Waals surface area (Å²) >= 11 is 0. The molecule has 0 unspecified atom stereocenters. The maximum absolute atomic E-state index is 10.0. The Labute approximate surface area is 52.0 Å². The molecule has 0 heterocycles. The molecule has 0 spiro atoms. The highest BCUT2D eigenvalue weighted by atomic mass is 32.2. The van der Waals surface area contributed by atoms with Gasteiger partial charge in [0, 0.05) is 0 Å². The van der Waals surface area contributed by atoms with Gasteiger partial charge in [0.2, 0.25) is 0 Å². The van der Waals surface area contributed by atoms with Crippen LogP contribution in [0.3, 0.4) is 0 Å². The molecule has 0 atom stereocenters. The predicted octanol–water partition coefficient (Wildman–Crippen LogP) is -2.31. The first-order chi connectivity index (χ1) is 3.95. The molecule has 0 saturated heterocycles. The van der Waals surface area contributed by atoms with Crippen molar-refractivity contribution in [2.75, 3.05) is 6.54 Å². The smallest absolute Gasteiger partial charge is 0.333 e. The van der Waals surface area contributed by atoms with E-state index in [0.717, 1.165) is 0 Å². The van der Waals surface area contributed by atoms with E-state index in [9.17, 15) is 13.2 Å². The second kappa shape index (κ2) is 2.76. The van der Waals surface area contributed by atoms with Gasteiger partial charge in [-0.2, -0.15) is 13.6 Å². The van der Waals surface area contributed by atoms with Crippen LogP contribution in [-0.4, -0.2) is 20.9 Å². The van der Waals surface area contributed by atoms with Crippen LogP contribution in [0, 0.1) is 0 Å². The Balaban J connectivity index is 3.91. The van der Waals surface area contributed by atoms with Crippen molar-refractivity contribution in [3.8, 4) is 0 Å². The largest absolute Gasteiger partial charge is 0.382 e. The highest BCUT2D eigenvalue weighted by Gasteiger charge is 2.07. The lowest BCUT2D eigenvalue weighted by atomic mass is 10.7. The van der Waals surface area contributed by atoms with Crippen molar-refractivity contribution >= 4 is 16.3 Å². The highest BCUT2D eigenvalue weighted by molar-refractivity contribution is 7.84. The zero-order valence-electron chi connectivity index (χ0n) is 4.40. The highest BCUT2D eigenvalue weighted by Crippen LogP contribution is 1.80. The summed E-state index contributed by atoms with van der Waals surface area (Å²) in [5.41, 5.74) is 4.68. The van der Waals surface area contributed by atoms with E-state index in [1.807, 2.05) is 0 Å². The zero-order valence-corrected chi connectivity index (χ0v) is 5.22. The molecule has 6 nitrogen and oxygen atoms in total. The predicted molar refractivity (Wildman–Crippen MR) is 28.3 cm³/mol. The van der Waals surface area contributed by atoms with Gasteiger partial charge >= 0.3 is 16.3 Å². The van der Waals surface area contributed by atoms with Gasteiger partial charge in [-0.15, -0.1) is 0 Å². The van der Waals surface area contributed by atoms with Crippen LogP contribution in [-0.2, 0) is 19.3 Å². The van der Waals surface area contributed by atoms with Crippen LogP contribution in [0.4, 0.5) is 0 Å². The Morgan fingerprint density at radius 1 is 1.56 bits per heavy atom. The summed E-state index contributed by atoms with van der Waals surface area (Å²) in [6.45, 7) is -0.504. The summed E-state index contributed by atoms with van der Waals surface area (Å²) in [4.78, 5) is 10.0. The average molecular weight is 154 g/mol. The van der Waals surface area contributed by atoms with E-state index in [4.69, 9.17) is 0 Å². The van der Waals surface area contributed by atoms with Crippen molar-refractivity contribution in [3.05, 3.63) is 0 Å². The third-order valence-corrected chi connectivity index (χ3v) is 0.794. The first-order valence-corrected chi connectivity index (χ1v) is 3.38. The molecular formula is C2H6N2O4S. The maximum atomic E-state index is 10.0. The molecule has 7 heteroatoms.